The van der Waals surface area contributed by atoms with Crippen LogP contribution in [-0.2, 0) is 10.0 Å². The summed E-state index contributed by atoms with van der Waals surface area (Å²) in [6, 6.07) is 1.37. The van der Waals surface area contributed by atoms with Crippen LogP contribution in [0.1, 0.15) is 19.8 Å². The molecule has 2 N–H and O–H groups in total. The minimum absolute atomic E-state index is 0.126. The number of nitrogens with two attached hydrogens (primary N) is 1. The average Bonchev–Trinajstić information content (AvgIpc) is 2.70. The van der Waals surface area contributed by atoms with Crippen LogP contribution < -0.4 is 5.73 Å². The second-order valence-corrected chi connectivity index (χ2v) is 9.62. The molecule has 1 aromatic heterocycles. The third-order valence-electron chi connectivity index (χ3n) is 3.49. The van der Waals surface area contributed by atoms with Gasteiger partial charge in [0.15, 0.2) is 0 Å². The molecule has 1 aromatic rings. The second kappa shape index (κ2) is 5.99. The van der Waals surface area contributed by atoms with Gasteiger partial charge < -0.3 is 5.73 Å². The number of thiophene rings is 1. The van der Waals surface area contributed by atoms with Crippen molar-refractivity contribution < 1.29 is 8.42 Å². The summed E-state index contributed by atoms with van der Waals surface area (Å²) in [4.78, 5) is 0. The molecule has 4 nitrogen and oxygen atoms in total. The maximum Gasteiger partial charge on any atom is 0.252 e. The van der Waals surface area contributed by atoms with Crippen molar-refractivity contribution in [3.8, 4) is 0 Å². The van der Waals surface area contributed by atoms with Gasteiger partial charge >= 0.3 is 0 Å². The highest BCUT2D eigenvalue weighted by atomic mass is 79.9. The van der Waals surface area contributed by atoms with Gasteiger partial charge in [-0.3, -0.25) is 0 Å². The molecule has 8 heteroatoms. The Morgan fingerprint density at radius 3 is 2.84 bits per heavy atom. The largest absolute Gasteiger partial charge is 0.329 e. The molecule has 2 atom stereocenters. The molecule has 0 spiro atoms. The van der Waals surface area contributed by atoms with E-state index in [9.17, 15) is 8.42 Å². The van der Waals surface area contributed by atoms with E-state index in [1.807, 2.05) is 0 Å². The Morgan fingerprint density at radius 1 is 1.63 bits per heavy atom. The maximum absolute atomic E-state index is 12.7. The third-order valence-corrected chi connectivity index (χ3v) is 8.34. The molecule has 19 heavy (non-hydrogen) atoms. The highest BCUT2D eigenvalue weighted by Crippen LogP contribution is 2.37. The quantitative estimate of drug-likeness (QED) is 0.867. The fourth-order valence-electron chi connectivity index (χ4n) is 2.43. The van der Waals surface area contributed by atoms with Crippen LogP contribution in [0, 0.1) is 5.92 Å². The van der Waals surface area contributed by atoms with Gasteiger partial charge in [0.2, 0.25) is 0 Å². The first-order valence-electron chi connectivity index (χ1n) is 6.04. The van der Waals surface area contributed by atoms with E-state index in [1.54, 1.807) is 0 Å². The molecule has 108 valence electrons. The van der Waals surface area contributed by atoms with Gasteiger partial charge in [0.05, 0.1) is 8.81 Å². The standard InChI is InChI=1S/C11H16BrClN2O2S2/c1-7-3-2-4-15(9(7)6-14)19(16,17)10-5-8(13)11(12)18-10/h5,7,9H,2-4,6,14H2,1H3. The van der Waals surface area contributed by atoms with Crippen LogP contribution in [0.15, 0.2) is 14.1 Å². The van der Waals surface area contributed by atoms with Crippen LogP contribution in [-0.4, -0.2) is 31.9 Å². The van der Waals surface area contributed by atoms with E-state index < -0.39 is 10.0 Å². The molecule has 1 aliphatic rings. The number of rotatable bonds is 3. The predicted molar refractivity (Wildman–Crippen MR) is 82.2 cm³/mol. The van der Waals surface area contributed by atoms with E-state index in [2.05, 4.69) is 22.9 Å². The number of nitrogens with zero attached hydrogens (tertiary/aromatic N) is 1. The fourth-order valence-corrected chi connectivity index (χ4v) is 6.73. The van der Waals surface area contributed by atoms with E-state index in [-0.39, 0.29) is 16.2 Å². The SMILES string of the molecule is CC1CCCN(S(=O)(=O)c2cc(Cl)c(Br)s2)C1CN. The zero-order valence-corrected chi connectivity index (χ0v) is 14.4. The van der Waals surface area contributed by atoms with Gasteiger partial charge in [-0.15, -0.1) is 11.3 Å². The van der Waals surface area contributed by atoms with Gasteiger partial charge in [0.1, 0.15) is 4.21 Å². The molecule has 1 fully saturated rings. The van der Waals surface area contributed by atoms with Crippen LogP contribution in [0.25, 0.3) is 0 Å². The number of piperidine rings is 1. The van der Waals surface area contributed by atoms with Gasteiger partial charge in [0, 0.05) is 19.1 Å². The number of sulfonamides is 1. The van der Waals surface area contributed by atoms with Crippen molar-refractivity contribution in [3.63, 3.8) is 0 Å². The number of halogens is 2. The van der Waals surface area contributed by atoms with E-state index in [4.69, 9.17) is 17.3 Å². The van der Waals surface area contributed by atoms with Gasteiger partial charge in [0.25, 0.3) is 10.0 Å². The summed E-state index contributed by atoms with van der Waals surface area (Å²) < 4.78 is 27.8. The maximum atomic E-state index is 12.7. The smallest absolute Gasteiger partial charge is 0.252 e. The average molecular weight is 388 g/mol. The second-order valence-electron chi connectivity index (χ2n) is 4.73. The van der Waals surface area contributed by atoms with E-state index in [0.717, 1.165) is 24.2 Å². The normalized spacial score (nSPS) is 25.7. The lowest BCUT2D eigenvalue weighted by Crippen LogP contribution is -2.51. The Kier molecular flexibility index (Phi) is 4.96. The molecule has 0 bridgehead atoms. The van der Waals surface area contributed by atoms with Gasteiger partial charge in [-0.05, 0) is 40.8 Å². The number of hydrogen-bond donors (Lipinski definition) is 1. The summed E-state index contributed by atoms with van der Waals surface area (Å²) in [5.41, 5.74) is 5.76. The Labute approximate surface area is 131 Å². The van der Waals surface area contributed by atoms with Crippen molar-refractivity contribution in [2.75, 3.05) is 13.1 Å². The molecule has 1 aliphatic heterocycles. The van der Waals surface area contributed by atoms with Crippen LogP contribution in [0.2, 0.25) is 5.02 Å². The molecule has 0 aliphatic carbocycles. The lowest BCUT2D eigenvalue weighted by molar-refractivity contribution is 0.193. The minimum Gasteiger partial charge on any atom is -0.329 e. The van der Waals surface area contributed by atoms with Gasteiger partial charge in [-0.2, -0.15) is 4.31 Å². The molecule has 0 saturated carbocycles. The molecule has 2 unspecified atom stereocenters. The lowest BCUT2D eigenvalue weighted by atomic mass is 9.93. The van der Waals surface area contributed by atoms with Crippen molar-refractivity contribution in [2.45, 2.75) is 30.0 Å². The van der Waals surface area contributed by atoms with E-state index in [1.165, 1.54) is 10.4 Å². The summed E-state index contributed by atoms with van der Waals surface area (Å²) in [6.45, 7) is 2.93. The molecule has 2 rings (SSSR count). The highest BCUT2D eigenvalue weighted by Gasteiger charge is 2.37. The number of hydrogen-bond acceptors (Lipinski definition) is 4. The first kappa shape index (κ1) is 15.7. The van der Waals surface area contributed by atoms with Crippen LogP contribution in [0.4, 0.5) is 0 Å². The fraction of sp³-hybridized carbons (Fsp3) is 0.636. The summed E-state index contributed by atoms with van der Waals surface area (Å²) in [5.74, 6) is 0.285. The summed E-state index contributed by atoms with van der Waals surface area (Å²) >= 11 is 10.3. The van der Waals surface area contributed by atoms with Gasteiger partial charge in [-0.25, -0.2) is 8.42 Å². The molecule has 2 heterocycles. The van der Waals surface area contributed by atoms with Crippen molar-refractivity contribution in [3.05, 3.63) is 14.9 Å². The van der Waals surface area contributed by atoms with Crippen molar-refractivity contribution in [1.82, 2.24) is 4.31 Å². The van der Waals surface area contributed by atoms with Crippen LogP contribution in [0.5, 0.6) is 0 Å². The molecule has 0 aromatic carbocycles. The predicted octanol–water partition coefficient (Wildman–Crippen LogP) is 2.91. The summed E-state index contributed by atoms with van der Waals surface area (Å²) in [5, 5.41) is 0.429. The summed E-state index contributed by atoms with van der Waals surface area (Å²) in [7, 11) is -3.50. The van der Waals surface area contributed by atoms with Crippen molar-refractivity contribution in [1.29, 1.82) is 0 Å². The van der Waals surface area contributed by atoms with Crippen LogP contribution >= 0.6 is 38.9 Å². The Hall–Kier alpha value is 0.340. The van der Waals surface area contributed by atoms with Crippen molar-refractivity contribution in [2.24, 2.45) is 11.7 Å². The Bertz CT molecular complexity index is 542. The molecular weight excluding hydrogens is 372 g/mol. The monoisotopic (exact) mass is 386 g/mol. The molecular formula is C11H16BrClN2O2S2. The molecule has 1 saturated heterocycles. The van der Waals surface area contributed by atoms with E-state index in [0.29, 0.717) is 21.9 Å². The van der Waals surface area contributed by atoms with E-state index >= 15 is 0 Å². The lowest BCUT2D eigenvalue weighted by Gasteiger charge is -2.37. The van der Waals surface area contributed by atoms with Crippen LogP contribution in [0.3, 0.4) is 0 Å². The molecule has 0 radical (unpaired) electrons. The summed E-state index contributed by atoms with van der Waals surface area (Å²) in [6.07, 6.45) is 1.89. The first-order chi connectivity index (χ1) is 8.87. The molecule has 0 amide bonds. The minimum atomic E-state index is -3.50. The Balaban J connectivity index is 2.37. The zero-order valence-electron chi connectivity index (χ0n) is 10.5. The highest BCUT2D eigenvalue weighted by molar-refractivity contribution is 9.11. The third kappa shape index (κ3) is 3.01. The van der Waals surface area contributed by atoms with Crippen molar-refractivity contribution >= 4 is 48.9 Å². The Morgan fingerprint density at radius 2 is 2.32 bits per heavy atom. The zero-order chi connectivity index (χ0) is 14.2. The topological polar surface area (TPSA) is 63.4 Å². The van der Waals surface area contributed by atoms with Gasteiger partial charge in [-0.1, -0.05) is 18.5 Å². The first-order valence-corrected chi connectivity index (χ1v) is 9.47.